The van der Waals surface area contributed by atoms with E-state index in [9.17, 15) is 52.7 Å². The predicted molar refractivity (Wildman–Crippen MR) is 260 cm³/mol. The van der Waals surface area contributed by atoms with Crippen molar-refractivity contribution in [2.24, 2.45) is 17.6 Å². The molecule has 1 aromatic rings. The van der Waals surface area contributed by atoms with Crippen LogP contribution in [0.4, 0.5) is 15.3 Å². The zero-order valence-corrected chi connectivity index (χ0v) is 42.3. The Morgan fingerprint density at radius 2 is 1.58 bits per heavy atom. The van der Waals surface area contributed by atoms with Crippen LogP contribution in [0.2, 0.25) is 0 Å². The Bertz CT molecular complexity index is 2050. The first-order valence-electron chi connectivity index (χ1n) is 23.4. The van der Waals surface area contributed by atoms with Crippen LogP contribution < -0.4 is 37.1 Å². The van der Waals surface area contributed by atoms with Gasteiger partial charge in [-0.2, -0.15) is 0 Å². The number of nitrogens with zero attached hydrogens (tertiary/aromatic N) is 1. The molecule has 8 amide bonds. The summed E-state index contributed by atoms with van der Waals surface area (Å²) in [7, 11) is 2.93. The van der Waals surface area contributed by atoms with Gasteiger partial charge in [0.05, 0.1) is 43.1 Å². The Kier molecular flexibility index (Phi) is 29.8. The van der Waals surface area contributed by atoms with Crippen LogP contribution in [0.5, 0.6) is 5.75 Å². The molecule has 7 N–H and O–H groups in total. The molecule has 0 aliphatic carbocycles. The van der Waals surface area contributed by atoms with Crippen molar-refractivity contribution in [3.05, 3.63) is 34.7 Å². The van der Waals surface area contributed by atoms with Crippen molar-refractivity contribution in [3.63, 3.8) is 0 Å². The Labute approximate surface area is 422 Å². The van der Waals surface area contributed by atoms with Crippen molar-refractivity contribution in [2.45, 2.75) is 97.4 Å². The maximum atomic E-state index is 13.9. The molecule has 0 aromatic heterocycles. The first-order chi connectivity index (χ1) is 34.4. The molecule has 0 unspecified atom stereocenters. The average molecular weight is 1040 g/mol. The minimum atomic E-state index is -1.01. The van der Waals surface area contributed by atoms with E-state index in [1.807, 2.05) is 0 Å². The Morgan fingerprint density at radius 1 is 0.875 bits per heavy atom. The Hall–Kier alpha value is -6.44. The largest absolute Gasteiger partial charge is 0.485 e. The highest BCUT2D eigenvalue weighted by Gasteiger charge is 2.33. The first kappa shape index (κ1) is 61.7. The second-order valence-electron chi connectivity index (χ2n) is 16.6. The van der Waals surface area contributed by atoms with Gasteiger partial charge < -0.3 is 60.7 Å². The third-order valence-corrected chi connectivity index (χ3v) is 11.5. The number of ether oxygens (including phenoxy) is 6. The van der Waals surface area contributed by atoms with E-state index in [0.717, 1.165) is 22.7 Å². The highest BCUT2D eigenvalue weighted by atomic mass is 32.2. The monoisotopic (exact) mass is 1040 g/mol. The first-order valence-corrected chi connectivity index (χ1v) is 24.4. The molecule has 24 nitrogen and oxygen atoms in total. The quantitative estimate of drug-likeness (QED) is 0.0237. The van der Waals surface area contributed by atoms with Crippen LogP contribution in [0.15, 0.2) is 29.2 Å². The van der Waals surface area contributed by atoms with Crippen LogP contribution in [0.1, 0.15) is 84.1 Å². The fraction of sp³-hybridized carbons (Fsp3) is 0.596. The highest BCUT2D eigenvalue weighted by molar-refractivity contribution is 8.04. The second kappa shape index (κ2) is 34.8. The molecule has 0 saturated heterocycles. The molecule has 2 rings (SSSR count). The topological polar surface area (TPSA) is 333 Å². The Morgan fingerprint density at radius 3 is 2.25 bits per heavy atom. The summed E-state index contributed by atoms with van der Waals surface area (Å²) in [6.45, 7) is 5.11. The highest BCUT2D eigenvalue weighted by Crippen LogP contribution is 2.28. The second-order valence-corrected chi connectivity index (χ2v) is 17.7. The van der Waals surface area contributed by atoms with E-state index in [4.69, 9.17) is 34.2 Å². The summed E-state index contributed by atoms with van der Waals surface area (Å²) in [6.07, 6.45) is 1.12. The van der Waals surface area contributed by atoms with Gasteiger partial charge in [0.2, 0.25) is 17.7 Å². The number of hydrogen-bond donors (Lipinski definition) is 6. The van der Waals surface area contributed by atoms with Crippen LogP contribution in [-0.2, 0) is 73.4 Å². The molecule has 0 spiro atoms. The van der Waals surface area contributed by atoms with E-state index in [1.54, 1.807) is 21.0 Å². The molecule has 0 bridgehead atoms. The van der Waals surface area contributed by atoms with E-state index in [2.05, 4.69) is 26.6 Å². The minimum Gasteiger partial charge on any atom is -0.485 e. The summed E-state index contributed by atoms with van der Waals surface area (Å²) in [6, 6.07) is 2.80. The maximum Gasteiger partial charge on any atom is 0.407 e. The number of Topliss-reactive ketones (excluding diaryl/α,β-unsaturated/α-hetero) is 3. The molecular weight excluding hydrogens is 967 g/mol. The van der Waals surface area contributed by atoms with Crippen LogP contribution >= 0.6 is 11.8 Å². The number of carbonyl (C=O) groups is 11. The van der Waals surface area contributed by atoms with Crippen molar-refractivity contribution in [1.29, 1.82) is 0 Å². The van der Waals surface area contributed by atoms with E-state index >= 15 is 0 Å². The van der Waals surface area contributed by atoms with Gasteiger partial charge in [0.15, 0.2) is 17.8 Å². The van der Waals surface area contributed by atoms with Gasteiger partial charge in [0.25, 0.3) is 18.3 Å². The SMILES string of the molecule is CNC(=O)OCc1ccc(NC(=O)[C@H](CCCNC(N)=O)CC(=O)[C@@H](NC(=O)COCCOCCOC)C(C)C)cc1OCC(=O)CCCCCC(=O)CCN1C(=O)C=C(SC[C@H](NC(C)=O)OC=O)C1=O. The molecule has 0 fully saturated rings. The summed E-state index contributed by atoms with van der Waals surface area (Å²) in [5.74, 6) is -4.77. The van der Waals surface area contributed by atoms with Crippen molar-refractivity contribution < 1.29 is 81.2 Å². The van der Waals surface area contributed by atoms with Crippen molar-refractivity contribution >= 4 is 82.9 Å². The van der Waals surface area contributed by atoms with E-state index in [0.29, 0.717) is 38.0 Å². The molecule has 1 aromatic carbocycles. The third-order valence-electron chi connectivity index (χ3n) is 10.5. The lowest BCUT2D eigenvalue weighted by molar-refractivity contribution is -0.138. The van der Waals surface area contributed by atoms with Crippen molar-refractivity contribution in [1.82, 2.24) is 26.2 Å². The molecule has 0 radical (unpaired) electrons. The number of primary amides is 1. The lowest BCUT2D eigenvalue weighted by Crippen LogP contribution is -2.47. The number of hydrogen-bond acceptors (Lipinski definition) is 18. The predicted octanol–water partition coefficient (Wildman–Crippen LogP) is 1.80. The molecule has 400 valence electrons. The van der Waals surface area contributed by atoms with E-state index in [1.165, 1.54) is 32.2 Å². The fourth-order valence-electron chi connectivity index (χ4n) is 6.75. The number of urea groups is 1. The van der Waals surface area contributed by atoms with Crippen molar-refractivity contribution in [2.75, 3.05) is 78.0 Å². The number of nitrogens with one attached hydrogen (secondary N) is 5. The number of nitrogens with two attached hydrogens (primary N) is 1. The number of imide groups is 1. The minimum absolute atomic E-state index is 0.0162. The molecule has 1 heterocycles. The Balaban J connectivity index is 1.99. The van der Waals surface area contributed by atoms with E-state index in [-0.39, 0.29) is 131 Å². The summed E-state index contributed by atoms with van der Waals surface area (Å²) < 4.78 is 31.5. The number of benzene rings is 1. The third kappa shape index (κ3) is 25.1. The van der Waals surface area contributed by atoms with Gasteiger partial charge in [0, 0.05) is 89.2 Å². The normalized spacial score (nSPS) is 13.3. The molecule has 1 aliphatic rings. The molecule has 25 heteroatoms. The van der Waals surface area contributed by atoms with Gasteiger partial charge in [-0.1, -0.05) is 20.3 Å². The standard InChI is InChI=1S/C47H69N7O17S/c1-30(2)43(53-40(60)27-68-21-20-67-19-18-66-5)37(59)22-32(10-9-16-50-46(48)64)44(62)52-34-14-13-33(25-70-47(65)49-4)38(23-34)69-26-36(58)12-8-6-7-11-35(57)15-17-54-42(61)24-39(45(54)63)72-28-41(71-29-55)51-31(3)56/h13-14,23-24,29-30,32,41,43H,6-12,15-22,25-28H2,1-5H3,(H,49,65)(H,51,56)(H,52,62)(H,53,60)(H3,48,50,64)/t32-,41-,43+/m1/s1. The number of ketones is 3. The zero-order chi connectivity index (χ0) is 53.4. The van der Waals surface area contributed by atoms with Gasteiger partial charge >= 0.3 is 12.1 Å². The molecule has 0 saturated carbocycles. The maximum absolute atomic E-state index is 13.9. The zero-order valence-electron chi connectivity index (χ0n) is 41.5. The number of amides is 8. The van der Waals surface area contributed by atoms with Crippen LogP contribution in [0.25, 0.3) is 0 Å². The van der Waals surface area contributed by atoms with Gasteiger partial charge in [-0.05, 0) is 43.7 Å². The summed E-state index contributed by atoms with van der Waals surface area (Å²) >= 11 is 0.923. The van der Waals surface area contributed by atoms with Crippen molar-refractivity contribution in [3.8, 4) is 5.75 Å². The van der Waals surface area contributed by atoms with Crippen LogP contribution in [0.3, 0.4) is 0 Å². The number of rotatable bonds is 39. The summed E-state index contributed by atoms with van der Waals surface area (Å²) in [4.78, 5) is 137. The molecule has 72 heavy (non-hydrogen) atoms. The molecular formula is C47H69N7O17S. The number of anilines is 1. The number of methoxy groups -OCH3 is 1. The van der Waals surface area contributed by atoms with Gasteiger partial charge in [-0.25, -0.2) is 9.59 Å². The number of carbonyl (C=O) groups excluding carboxylic acids is 11. The van der Waals surface area contributed by atoms with E-state index < -0.39 is 65.6 Å². The van der Waals surface area contributed by atoms with Gasteiger partial charge in [-0.15, -0.1) is 11.8 Å². The number of alkyl carbamates (subject to hydrolysis) is 1. The fourth-order valence-corrected chi connectivity index (χ4v) is 7.66. The summed E-state index contributed by atoms with van der Waals surface area (Å²) in [5.41, 5.74) is 5.81. The smallest absolute Gasteiger partial charge is 0.407 e. The number of thioether (sulfide) groups is 1. The average Bonchev–Trinajstić information content (AvgIpc) is 3.60. The van der Waals surface area contributed by atoms with Crippen LogP contribution in [-0.4, -0.2) is 155 Å². The molecule has 3 atom stereocenters. The lowest BCUT2D eigenvalue weighted by Gasteiger charge is -2.24. The van der Waals surface area contributed by atoms with Crippen LogP contribution in [0, 0.1) is 11.8 Å². The summed E-state index contributed by atoms with van der Waals surface area (Å²) in [5, 5.41) is 12.7. The molecule has 1 aliphatic heterocycles. The lowest BCUT2D eigenvalue weighted by atomic mass is 9.89. The number of unbranched alkanes of at least 4 members (excludes halogenated alkanes) is 2. The van der Waals surface area contributed by atoms with Gasteiger partial charge in [0.1, 0.15) is 31.4 Å². The van der Waals surface area contributed by atoms with Gasteiger partial charge in [-0.3, -0.25) is 48.1 Å².